The van der Waals surface area contributed by atoms with E-state index < -0.39 is 22.4 Å². The van der Waals surface area contributed by atoms with Gasteiger partial charge in [0.2, 0.25) is 5.91 Å². The number of nitro benzene ring substituents is 1. The summed E-state index contributed by atoms with van der Waals surface area (Å²) < 4.78 is 1.34. The van der Waals surface area contributed by atoms with Crippen molar-refractivity contribution in [1.29, 1.82) is 0 Å². The van der Waals surface area contributed by atoms with Gasteiger partial charge in [-0.15, -0.1) is 11.3 Å². The second-order valence-corrected chi connectivity index (χ2v) is 10.5. The van der Waals surface area contributed by atoms with Crippen molar-refractivity contribution < 1.29 is 19.3 Å². The number of thiazole rings is 1. The molecule has 1 aliphatic heterocycles. The zero-order chi connectivity index (χ0) is 25.6. The summed E-state index contributed by atoms with van der Waals surface area (Å²) in [6, 6.07) is 14.1. The normalized spacial score (nSPS) is 12.8. The predicted octanol–water partition coefficient (Wildman–Crippen LogP) is 5.70. The molecule has 36 heavy (non-hydrogen) atoms. The van der Waals surface area contributed by atoms with Crippen LogP contribution in [0.4, 0.5) is 17.1 Å². The van der Waals surface area contributed by atoms with Crippen LogP contribution in [-0.4, -0.2) is 33.4 Å². The molecule has 5 rings (SSSR count). The number of nitrogens with one attached hydrogen (secondary N) is 1. The highest BCUT2D eigenvalue weighted by atomic mass is 35.5. The molecular formula is C24H15ClN4O5S2. The number of rotatable bonds is 6. The van der Waals surface area contributed by atoms with E-state index in [9.17, 15) is 24.5 Å². The van der Waals surface area contributed by atoms with Crippen LogP contribution in [0.15, 0.2) is 58.9 Å². The van der Waals surface area contributed by atoms with Gasteiger partial charge in [-0.2, -0.15) is 0 Å². The van der Waals surface area contributed by atoms with Crippen LogP contribution in [0.2, 0.25) is 5.02 Å². The second kappa shape index (κ2) is 9.34. The molecule has 0 spiro atoms. The summed E-state index contributed by atoms with van der Waals surface area (Å²) in [5, 5.41) is 14.7. The summed E-state index contributed by atoms with van der Waals surface area (Å²) in [6.45, 7) is 1.88. The van der Waals surface area contributed by atoms with Gasteiger partial charge in [0.1, 0.15) is 5.56 Å². The number of halogens is 1. The molecule has 0 aliphatic carbocycles. The van der Waals surface area contributed by atoms with Gasteiger partial charge in [0.05, 0.1) is 32.1 Å². The lowest BCUT2D eigenvalue weighted by atomic mass is 10.1. The van der Waals surface area contributed by atoms with Gasteiger partial charge in [-0.05, 0) is 48.9 Å². The standard InChI is InChI=1S/C24H15ClN4O5S2/c1-12-5-6-13(9-16(12)25)26-20(30)11-35-24-27-17-8-7-14(10-19(17)36-24)28-22(31)15-3-2-4-18(29(33)34)21(15)23(28)32/h2-10H,11H2,1H3,(H,26,30). The van der Waals surface area contributed by atoms with Crippen LogP contribution in [-0.2, 0) is 4.79 Å². The van der Waals surface area contributed by atoms with E-state index in [1.54, 1.807) is 30.3 Å². The third-order valence-electron chi connectivity index (χ3n) is 5.48. The molecule has 0 saturated carbocycles. The fraction of sp³-hybridized carbons (Fsp3) is 0.0833. The first-order valence-corrected chi connectivity index (χ1v) is 12.7. The van der Waals surface area contributed by atoms with Crippen molar-refractivity contribution in [3.63, 3.8) is 0 Å². The number of aromatic nitrogens is 1. The van der Waals surface area contributed by atoms with Gasteiger partial charge in [-0.1, -0.05) is 35.5 Å². The van der Waals surface area contributed by atoms with Crippen LogP contribution in [0.1, 0.15) is 26.3 Å². The number of fused-ring (bicyclic) bond motifs is 2. The van der Waals surface area contributed by atoms with E-state index in [2.05, 4.69) is 10.3 Å². The first kappa shape index (κ1) is 23.9. The van der Waals surface area contributed by atoms with Gasteiger partial charge < -0.3 is 5.32 Å². The Morgan fingerprint density at radius 2 is 1.97 bits per heavy atom. The number of nitrogens with zero attached hydrogens (tertiary/aromatic N) is 3. The number of benzene rings is 3. The third-order valence-corrected chi connectivity index (χ3v) is 8.05. The SMILES string of the molecule is Cc1ccc(NC(=O)CSc2nc3ccc(N4C(=O)c5cccc([N+](=O)[O-])c5C4=O)cc3s2)cc1Cl. The highest BCUT2D eigenvalue weighted by Gasteiger charge is 2.41. The van der Waals surface area contributed by atoms with Crippen LogP contribution in [0.5, 0.6) is 0 Å². The molecule has 0 atom stereocenters. The Balaban J connectivity index is 1.33. The summed E-state index contributed by atoms with van der Waals surface area (Å²) in [6.07, 6.45) is 0. The highest BCUT2D eigenvalue weighted by molar-refractivity contribution is 8.01. The molecule has 12 heteroatoms. The summed E-state index contributed by atoms with van der Waals surface area (Å²) in [5.74, 6) is -1.45. The molecule has 0 unspecified atom stereocenters. The molecule has 1 N–H and O–H groups in total. The lowest BCUT2D eigenvalue weighted by Gasteiger charge is -2.13. The second-order valence-electron chi connectivity index (χ2n) is 7.84. The fourth-order valence-corrected chi connectivity index (χ4v) is 5.82. The Morgan fingerprint density at radius 3 is 2.72 bits per heavy atom. The molecule has 3 amide bonds. The van der Waals surface area contributed by atoms with Gasteiger partial charge >= 0.3 is 0 Å². The number of anilines is 2. The fourth-order valence-electron chi connectivity index (χ4n) is 3.74. The number of hydrogen-bond acceptors (Lipinski definition) is 8. The Labute approximate surface area is 217 Å². The third kappa shape index (κ3) is 4.32. The van der Waals surface area contributed by atoms with Crippen LogP contribution >= 0.6 is 34.7 Å². The average Bonchev–Trinajstić information content (AvgIpc) is 3.37. The largest absolute Gasteiger partial charge is 0.325 e. The molecule has 1 aliphatic rings. The zero-order valence-corrected chi connectivity index (χ0v) is 20.9. The van der Waals surface area contributed by atoms with Gasteiger partial charge in [-0.25, -0.2) is 9.88 Å². The number of hydrogen-bond donors (Lipinski definition) is 1. The van der Waals surface area contributed by atoms with Crippen molar-refractivity contribution in [3.8, 4) is 0 Å². The smallest absolute Gasteiger partial charge is 0.283 e. The molecule has 2 heterocycles. The first-order valence-electron chi connectivity index (χ1n) is 10.5. The van der Waals surface area contributed by atoms with E-state index in [0.717, 1.165) is 10.5 Å². The van der Waals surface area contributed by atoms with E-state index in [4.69, 9.17) is 11.6 Å². The maximum absolute atomic E-state index is 13.0. The lowest BCUT2D eigenvalue weighted by molar-refractivity contribution is -0.385. The Morgan fingerprint density at radius 1 is 1.17 bits per heavy atom. The molecule has 0 radical (unpaired) electrons. The molecule has 0 fully saturated rings. The molecule has 4 aromatic rings. The topological polar surface area (TPSA) is 123 Å². The van der Waals surface area contributed by atoms with E-state index in [1.807, 2.05) is 13.0 Å². The number of thioether (sulfide) groups is 1. The summed E-state index contributed by atoms with van der Waals surface area (Å²) in [7, 11) is 0. The van der Waals surface area contributed by atoms with Crippen molar-refractivity contribution in [2.24, 2.45) is 0 Å². The number of amides is 3. The Hall–Kier alpha value is -3.80. The van der Waals surface area contributed by atoms with Crippen molar-refractivity contribution in [2.45, 2.75) is 11.3 Å². The van der Waals surface area contributed by atoms with Crippen molar-refractivity contribution in [2.75, 3.05) is 16.0 Å². The van der Waals surface area contributed by atoms with Crippen molar-refractivity contribution >= 4 is 79.7 Å². The number of carbonyl (C=O) groups is 3. The van der Waals surface area contributed by atoms with Crippen LogP contribution in [0, 0.1) is 17.0 Å². The molecule has 0 saturated heterocycles. The van der Waals surface area contributed by atoms with Gasteiger partial charge in [-0.3, -0.25) is 24.5 Å². The molecule has 180 valence electrons. The summed E-state index contributed by atoms with van der Waals surface area (Å²) in [4.78, 5) is 54.3. The summed E-state index contributed by atoms with van der Waals surface area (Å²) in [5.41, 5.74) is 1.82. The van der Waals surface area contributed by atoms with E-state index >= 15 is 0 Å². The van der Waals surface area contributed by atoms with Crippen molar-refractivity contribution in [3.05, 3.63) is 86.4 Å². The minimum atomic E-state index is -0.742. The predicted molar refractivity (Wildman–Crippen MR) is 139 cm³/mol. The Kier molecular flexibility index (Phi) is 6.20. The summed E-state index contributed by atoms with van der Waals surface area (Å²) >= 11 is 8.67. The molecule has 0 bridgehead atoms. The van der Waals surface area contributed by atoms with Gasteiger partial charge in [0.25, 0.3) is 17.5 Å². The average molecular weight is 539 g/mol. The quantitative estimate of drug-likeness (QED) is 0.145. The minimum Gasteiger partial charge on any atom is -0.325 e. The number of carbonyl (C=O) groups excluding carboxylic acids is 3. The van der Waals surface area contributed by atoms with E-state index in [0.29, 0.717) is 25.3 Å². The number of nitro groups is 1. The van der Waals surface area contributed by atoms with E-state index in [1.165, 1.54) is 41.3 Å². The molecule has 9 nitrogen and oxygen atoms in total. The van der Waals surface area contributed by atoms with Crippen LogP contribution in [0.3, 0.4) is 0 Å². The van der Waals surface area contributed by atoms with Crippen molar-refractivity contribution in [1.82, 2.24) is 4.98 Å². The van der Waals surface area contributed by atoms with Gasteiger partial charge in [0, 0.05) is 16.8 Å². The van der Waals surface area contributed by atoms with Crippen LogP contribution < -0.4 is 10.2 Å². The minimum absolute atomic E-state index is 0.00396. The molecule has 3 aromatic carbocycles. The first-order chi connectivity index (χ1) is 17.2. The molecular weight excluding hydrogens is 524 g/mol. The zero-order valence-electron chi connectivity index (χ0n) is 18.5. The maximum atomic E-state index is 13.0. The highest BCUT2D eigenvalue weighted by Crippen LogP contribution is 2.37. The monoisotopic (exact) mass is 538 g/mol. The number of imide groups is 1. The van der Waals surface area contributed by atoms with Gasteiger partial charge in [0.15, 0.2) is 4.34 Å². The van der Waals surface area contributed by atoms with E-state index in [-0.39, 0.29) is 28.5 Å². The maximum Gasteiger partial charge on any atom is 0.283 e. The van der Waals surface area contributed by atoms with Crippen LogP contribution in [0.25, 0.3) is 10.2 Å². The lowest BCUT2D eigenvalue weighted by Crippen LogP contribution is -2.29. The molecule has 1 aromatic heterocycles. The number of aryl methyl sites for hydroxylation is 1. The Bertz CT molecular complexity index is 1600.